The van der Waals surface area contributed by atoms with Gasteiger partial charge in [0.1, 0.15) is 6.73 Å². The minimum absolute atomic E-state index is 0.478. The summed E-state index contributed by atoms with van der Waals surface area (Å²) in [5.74, 6) is 0.478. The molecule has 0 radical (unpaired) electrons. The van der Waals surface area contributed by atoms with Crippen molar-refractivity contribution in [3.8, 4) is 0 Å². The van der Waals surface area contributed by atoms with E-state index in [4.69, 9.17) is 4.74 Å². The van der Waals surface area contributed by atoms with E-state index in [-0.39, 0.29) is 0 Å². The summed E-state index contributed by atoms with van der Waals surface area (Å²) in [5.41, 5.74) is 3.52. The number of ether oxygens (including phenoxy) is 1. The number of anilines is 1. The van der Waals surface area contributed by atoms with Crippen molar-refractivity contribution in [1.29, 1.82) is 0 Å². The predicted molar refractivity (Wildman–Crippen MR) is 100 cm³/mol. The van der Waals surface area contributed by atoms with Crippen LogP contribution in [0.5, 0.6) is 0 Å². The lowest BCUT2D eigenvalue weighted by molar-refractivity contribution is 0.221. The van der Waals surface area contributed by atoms with Crippen LogP contribution in [0.15, 0.2) is 48.7 Å². The van der Waals surface area contributed by atoms with Gasteiger partial charge in [-0.3, -0.25) is 4.98 Å². The zero-order valence-corrected chi connectivity index (χ0v) is 15.0. The van der Waals surface area contributed by atoms with Crippen molar-refractivity contribution in [3.63, 3.8) is 0 Å². The number of benzene rings is 1. The van der Waals surface area contributed by atoms with E-state index in [9.17, 15) is 0 Å². The molecule has 1 unspecified atom stereocenters. The van der Waals surface area contributed by atoms with Crippen LogP contribution < -0.4 is 5.32 Å². The van der Waals surface area contributed by atoms with Crippen LogP contribution in [0.3, 0.4) is 0 Å². The van der Waals surface area contributed by atoms with Crippen LogP contribution in [0, 0.1) is 0 Å². The molecule has 0 bridgehead atoms. The third-order valence-corrected chi connectivity index (χ3v) is 4.18. The summed E-state index contributed by atoms with van der Waals surface area (Å²) in [6.45, 7) is 4.87. The second kappa shape index (κ2) is 10.1. The topological polar surface area (TPSA) is 37.4 Å². The molecule has 1 heterocycles. The van der Waals surface area contributed by atoms with E-state index in [1.165, 1.54) is 12.0 Å². The van der Waals surface area contributed by atoms with Gasteiger partial charge in [0.25, 0.3) is 0 Å². The van der Waals surface area contributed by atoms with Crippen molar-refractivity contribution >= 4 is 5.69 Å². The summed E-state index contributed by atoms with van der Waals surface area (Å²) in [6.07, 6.45) is 4.21. The summed E-state index contributed by atoms with van der Waals surface area (Å²) >= 11 is 0. The predicted octanol–water partition coefficient (Wildman–Crippen LogP) is 4.11. The molecule has 0 spiro atoms. The number of pyridine rings is 1. The molecule has 1 aromatic heterocycles. The molecule has 0 aliphatic carbocycles. The first-order valence-corrected chi connectivity index (χ1v) is 8.60. The summed E-state index contributed by atoms with van der Waals surface area (Å²) in [6, 6.07) is 14.8. The average Bonchev–Trinajstić information content (AvgIpc) is 2.61. The first kappa shape index (κ1) is 18.4. The van der Waals surface area contributed by atoms with Gasteiger partial charge in [-0.2, -0.15) is 0 Å². The van der Waals surface area contributed by atoms with E-state index in [1.807, 2.05) is 6.20 Å². The summed E-state index contributed by atoms with van der Waals surface area (Å²) < 4.78 is 5.00. The van der Waals surface area contributed by atoms with E-state index in [0.29, 0.717) is 12.6 Å². The maximum absolute atomic E-state index is 5.00. The van der Waals surface area contributed by atoms with Gasteiger partial charge in [0, 0.05) is 19.3 Å². The van der Waals surface area contributed by atoms with Crippen LogP contribution in [0.25, 0.3) is 0 Å². The lowest BCUT2D eigenvalue weighted by atomic mass is 10.0. The van der Waals surface area contributed by atoms with Crippen LogP contribution >= 0.6 is 0 Å². The number of nitrogens with zero attached hydrogens (tertiary/aromatic N) is 2. The van der Waals surface area contributed by atoms with Gasteiger partial charge in [-0.25, -0.2) is 0 Å². The first-order valence-electron chi connectivity index (χ1n) is 8.60. The van der Waals surface area contributed by atoms with Crippen molar-refractivity contribution in [1.82, 2.24) is 9.88 Å². The van der Waals surface area contributed by atoms with E-state index >= 15 is 0 Å². The molecule has 0 aliphatic heterocycles. The zero-order valence-electron chi connectivity index (χ0n) is 15.0. The Morgan fingerprint density at radius 1 is 1.17 bits per heavy atom. The molecule has 2 rings (SSSR count). The largest absolute Gasteiger partial charge is 0.365 e. The Labute approximate surface area is 145 Å². The Balaban J connectivity index is 1.71. The Bertz CT molecular complexity index is 571. The fraction of sp³-hybridized carbons (Fsp3) is 0.450. The van der Waals surface area contributed by atoms with E-state index in [1.54, 1.807) is 7.11 Å². The number of nitrogens with one attached hydrogen (secondary N) is 1. The van der Waals surface area contributed by atoms with Gasteiger partial charge < -0.3 is 15.0 Å². The highest BCUT2D eigenvalue weighted by Gasteiger charge is 2.08. The van der Waals surface area contributed by atoms with Crippen molar-refractivity contribution in [2.24, 2.45) is 0 Å². The lowest BCUT2D eigenvalue weighted by Crippen LogP contribution is -2.19. The number of rotatable bonds is 10. The molecular formula is C20H29N3O. The number of methoxy groups -OCH3 is 1. The minimum atomic E-state index is 0.478. The van der Waals surface area contributed by atoms with Crippen LogP contribution in [0.2, 0.25) is 0 Å². The normalized spacial score (nSPS) is 12.3. The molecule has 1 aromatic carbocycles. The third-order valence-electron chi connectivity index (χ3n) is 4.18. The van der Waals surface area contributed by atoms with Gasteiger partial charge in [0.15, 0.2) is 0 Å². The molecular weight excluding hydrogens is 298 g/mol. The molecule has 0 fully saturated rings. The smallest absolute Gasteiger partial charge is 0.116 e. The highest BCUT2D eigenvalue weighted by molar-refractivity contribution is 5.40. The minimum Gasteiger partial charge on any atom is -0.365 e. The molecule has 0 saturated carbocycles. The van der Waals surface area contributed by atoms with Gasteiger partial charge in [-0.1, -0.05) is 37.3 Å². The molecule has 4 nitrogen and oxygen atoms in total. The maximum Gasteiger partial charge on any atom is 0.116 e. The Morgan fingerprint density at radius 3 is 2.62 bits per heavy atom. The van der Waals surface area contributed by atoms with E-state index < -0.39 is 0 Å². The quantitative estimate of drug-likeness (QED) is 0.666. The standard InChI is InChI=1S/C20H29N3O/c1-17(20-12-11-19(14-21-20)22-16-24-3)8-7-13-23(2)15-18-9-5-4-6-10-18/h4-6,9-12,14,17,22H,7-8,13,15-16H2,1-3H3. The van der Waals surface area contributed by atoms with Crippen LogP contribution in [0.1, 0.15) is 36.9 Å². The van der Waals surface area contributed by atoms with Gasteiger partial charge in [-0.15, -0.1) is 0 Å². The van der Waals surface area contributed by atoms with Gasteiger partial charge in [0.05, 0.1) is 11.9 Å². The van der Waals surface area contributed by atoms with Crippen LogP contribution in [-0.2, 0) is 11.3 Å². The molecule has 130 valence electrons. The number of hydrogen-bond donors (Lipinski definition) is 1. The Kier molecular flexibility index (Phi) is 7.72. The second-order valence-corrected chi connectivity index (χ2v) is 6.35. The molecule has 24 heavy (non-hydrogen) atoms. The fourth-order valence-corrected chi connectivity index (χ4v) is 2.75. The molecule has 0 amide bonds. The third kappa shape index (κ3) is 6.30. The van der Waals surface area contributed by atoms with Crippen molar-refractivity contribution in [2.75, 3.05) is 32.7 Å². The molecule has 1 N–H and O–H groups in total. The summed E-state index contributed by atoms with van der Waals surface area (Å²) in [7, 11) is 3.86. The highest BCUT2D eigenvalue weighted by atomic mass is 16.5. The average molecular weight is 327 g/mol. The molecule has 0 aliphatic rings. The number of aromatic nitrogens is 1. The van der Waals surface area contributed by atoms with Gasteiger partial charge in [0.2, 0.25) is 0 Å². The monoisotopic (exact) mass is 327 g/mol. The van der Waals surface area contributed by atoms with Gasteiger partial charge in [-0.05, 0) is 50.0 Å². The molecule has 0 saturated heterocycles. The van der Waals surface area contributed by atoms with Crippen LogP contribution in [0.4, 0.5) is 5.69 Å². The molecule has 1 atom stereocenters. The second-order valence-electron chi connectivity index (χ2n) is 6.35. The summed E-state index contributed by atoms with van der Waals surface area (Å²) in [4.78, 5) is 6.95. The Hall–Kier alpha value is -1.91. The van der Waals surface area contributed by atoms with Crippen molar-refractivity contribution < 1.29 is 4.74 Å². The SMILES string of the molecule is COCNc1ccc(C(C)CCCN(C)Cc2ccccc2)nc1. The Morgan fingerprint density at radius 2 is 1.96 bits per heavy atom. The lowest BCUT2D eigenvalue weighted by Gasteiger charge is -2.18. The zero-order chi connectivity index (χ0) is 17.2. The van der Waals surface area contributed by atoms with Crippen LogP contribution in [-0.4, -0.2) is 37.3 Å². The highest BCUT2D eigenvalue weighted by Crippen LogP contribution is 2.20. The van der Waals surface area contributed by atoms with Crippen molar-refractivity contribution in [2.45, 2.75) is 32.2 Å². The number of hydrogen-bond acceptors (Lipinski definition) is 4. The van der Waals surface area contributed by atoms with Crippen molar-refractivity contribution in [3.05, 3.63) is 59.9 Å². The first-order chi connectivity index (χ1) is 11.7. The van der Waals surface area contributed by atoms with Gasteiger partial charge >= 0.3 is 0 Å². The molecule has 2 aromatic rings. The molecule has 4 heteroatoms. The van der Waals surface area contributed by atoms with E-state index in [0.717, 1.165) is 30.9 Å². The maximum atomic E-state index is 5.00. The van der Waals surface area contributed by atoms with E-state index in [2.05, 4.69) is 71.6 Å². The fourth-order valence-electron chi connectivity index (χ4n) is 2.75. The summed E-state index contributed by atoms with van der Waals surface area (Å²) in [5, 5.41) is 3.15.